The van der Waals surface area contributed by atoms with Crippen LogP contribution in [-0.4, -0.2) is 57.1 Å². The second-order valence-electron chi connectivity index (χ2n) is 7.09. The van der Waals surface area contributed by atoms with Crippen LogP contribution in [0.4, 0.5) is 11.6 Å². The molecule has 1 aliphatic heterocycles. The molecule has 1 aromatic carbocycles. The highest BCUT2D eigenvalue weighted by Crippen LogP contribution is 2.23. The maximum atomic E-state index is 9.05. The van der Waals surface area contributed by atoms with Gasteiger partial charge < -0.3 is 9.64 Å². The summed E-state index contributed by atoms with van der Waals surface area (Å²) in [5.74, 6) is 2.43. The van der Waals surface area contributed by atoms with Gasteiger partial charge in [0.05, 0.1) is 31.1 Å². The summed E-state index contributed by atoms with van der Waals surface area (Å²) in [5, 5.41) is 18.0. The van der Waals surface area contributed by atoms with Crippen LogP contribution in [0.3, 0.4) is 0 Å². The van der Waals surface area contributed by atoms with E-state index in [0.29, 0.717) is 36.2 Å². The van der Waals surface area contributed by atoms with Crippen molar-refractivity contribution >= 4 is 23.6 Å². The van der Waals surface area contributed by atoms with Crippen LogP contribution in [0.25, 0.3) is 17.2 Å². The Hall–Kier alpha value is -4.36. The van der Waals surface area contributed by atoms with Crippen LogP contribution in [0.1, 0.15) is 11.1 Å². The summed E-state index contributed by atoms with van der Waals surface area (Å²) in [5.41, 5.74) is 5.23. The molecule has 1 N–H and O–H groups in total. The number of anilines is 2. The first-order valence-corrected chi connectivity index (χ1v) is 10.1. The molecule has 0 bridgehead atoms. The lowest BCUT2D eigenvalue weighted by Crippen LogP contribution is -2.37. The summed E-state index contributed by atoms with van der Waals surface area (Å²) in [6.07, 6.45) is 5.06. The molecule has 1 fully saturated rings. The highest BCUT2D eigenvalue weighted by atomic mass is 16.5. The second-order valence-corrected chi connectivity index (χ2v) is 7.09. The Morgan fingerprint density at radius 1 is 1.09 bits per heavy atom. The number of nitrogens with one attached hydrogen (secondary N) is 1. The van der Waals surface area contributed by atoms with E-state index in [0.717, 1.165) is 30.0 Å². The van der Waals surface area contributed by atoms with Gasteiger partial charge in [-0.05, 0) is 29.8 Å². The van der Waals surface area contributed by atoms with E-state index in [4.69, 9.17) is 10.00 Å². The Kier molecular flexibility index (Phi) is 5.38. The fraction of sp³-hybridized carbons (Fsp3) is 0.182. The highest BCUT2D eigenvalue weighted by Gasteiger charge is 2.19. The van der Waals surface area contributed by atoms with Crippen molar-refractivity contribution in [3.63, 3.8) is 0 Å². The number of hydrogen-bond donors (Lipinski definition) is 1. The van der Waals surface area contributed by atoms with Gasteiger partial charge in [-0.15, -0.1) is 5.10 Å². The molecule has 10 heteroatoms. The van der Waals surface area contributed by atoms with E-state index in [1.54, 1.807) is 35.3 Å². The molecule has 1 aliphatic rings. The lowest BCUT2D eigenvalue weighted by Gasteiger charge is -2.28. The van der Waals surface area contributed by atoms with Crippen molar-refractivity contribution in [1.29, 1.82) is 5.26 Å². The van der Waals surface area contributed by atoms with Crippen LogP contribution in [0, 0.1) is 11.3 Å². The molecule has 0 atom stereocenters. The molecular weight excluding hydrogens is 406 g/mol. The van der Waals surface area contributed by atoms with Crippen LogP contribution >= 0.6 is 0 Å². The van der Waals surface area contributed by atoms with Crippen molar-refractivity contribution in [2.75, 3.05) is 36.6 Å². The molecule has 4 aromatic rings. The van der Waals surface area contributed by atoms with Gasteiger partial charge in [-0.2, -0.15) is 24.8 Å². The number of hydrazone groups is 1. The number of benzene rings is 1. The summed E-state index contributed by atoms with van der Waals surface area (Å²) in [6.45, 7) is 2.78. The van der Waals surface area contributed by atoms with E-state index in [2.05, 4.69) is 41.5 Å². The molecule has 4 heterocycles. The maximum Gasteiger partial charge on any atom is 0.256 e. The minimum atomic E-state index is 0.463. The van der Waals surface area contributed by atoms with E-state index in [-0.39, 0.29) is 0 Å². The molecule has 10 nitrogen and oxygen atoms in total. The number of rotatable bonds is 5. The Morgan fingerprint density at radius 3 is 2.75 bits per heavy atom. The zero-order valence-corrected chi connectivity index (χ0v) is 17.1. The van der Waals surface area contributed by atoms with Gasteiger partial charge in [0.2, 0.25) is 0 Å². The molecule has 0 spiro atoms. The van der Waals surface area contributed by atoms with Gasteiger partial charge in [0.15, 0.2) is 11.6 Å². The molecule has 0 unspecified atom stereocenters. The van der Waals surface area contributed by atoms with Gasteiger partial charge in [0, 0.05) is 37.1 Å². The van der Waals surface area contributed by atoms with Crippen molar-refractivity contribution in [1.82, 2.24) is 24.6 Å². The molecule has 1 saturated heterocycles. The molecule has 0 amide bonds. The first-order valence-electron chi connectivity index (χ1n) is 10.1. The normalized spacial score (nSPS) is 14.0. The molecule has 0 radical (unpaired) electrons. The number of nitrogens with zero attached hydrogens (tertiary/aromatic N) is 8. The number of fused-ring (bicyclic) bond motifs is 1. The molecule has 32 heavy (non-hydrogen) atoms. The third-order valence-corrected chi connectivity index (χ3v) is 4.98. The third-order valence-electron chi connectivity index (χ3n) is 4.98. The number of nitriles is 1. The Balaban J connectivity index is 1.49. The summed E-state index contributed by atoms with van der Waals surface area (Å²) in [7, 11) is 0. The minimum absolute atomic E-state index is 0.463. The maximum absolute atomic E-state index is 9.05. The van der Waals surface area contributed by atoms with Gasteiger partial charge in [0.1, 0.15) is 5.82 Å². The van der Waals surface area contributed by atoms with Crippen molar-refractivity contribution in [3.8, 4) is 17.5 Å². The second kappa shape index (κ2) is 8.79. The Labute approximate surface area is 183 Å². The van der Waals surface area contributed by atoms with E-state index < -0.39 is 0 Å². The number of morpholine rings is 1. The summed E-state index contributed by atoms with van der Waals surface area (Å²) < 4.78 is 7.24. The average molecular weight is 425 g/mol. The number of aromatic nitrogens is 5. The third kappa shape index (κ3) is 4.10. The first kappa shape index (κ1) is 19.6. The fourth-order valence-corrected chi connectivity index (χ4v) is 3.41. The molecular formula is C22H19N9O. The summed E-state index contributed by atoms with van der Waals surface area (Å²) in [4.78, 5) is 15.4. The molecule has 3 aromatic heterocycles. The zero-order chi connectivity index (χ0) is 21.8. The highest BCUT2D eigenvalue weighted by molar-refractivity contribution is 5.80. The zero-order valence-electron chi connectivity index (χ0n) is 17.1. The quantitative estimate of drug-likeness (QED) is 0.383. The number of hydrogen-bond acceptors (Lipinski definition) is 9. The predicted octanol–water partition coefficient (Wildman–Crippen LogP) is 2.34. The van der Waals surface area contributed by atoms with Gasteiger partial charge in [-0.1, -0.05) is 12.1 Å². The topological polar surface area (TPSA) is 117 Å². The molecule has 0 saturated carbocycles. The van der Waals surface area contributed by atoms with Crippen LogP contribution in [0.5, 0.6) is 0 Å². The van der Waals surface area contributed by atoms with Gasteiger partial charge in [-0.25, -0.2) is 0 Å². The van der Waals surface area contributed by atoms with E-state index >= 15 is 0 Å². The SMILES string of the molecule is N#Cc1cccc(C=NNc2cc(N3CCOCC3)n3nc(-c4ccncc4)nc3n2)c1. The predicted molar refractivity (Wildman–Crippen MR) is 119 cm³/mol. The van der Waals surface area contributed by atoms with Crippen molar-refractivity contribution in [3.05, 3.63) is 66.0 Å². The van der Waals surface area contributed by atoms with Crippen LogP contribution < -0.4 is 10.3 Å². The van der Waals surface area contributed by atoms with E-state index in [9.17, 15) is 0 Å². The van der Waals surface area contributed by atoms with Gasteiger partial charge in [-0.3, -0.25) is 10.4 Å². The van der Waals surface area contributed by atoms with Gasteiger partial charge >= 0.3 is 0 Å². The molecule has 5 rings (SSSR count). The van der Waals surface area contributed by atoms with Crippen LogP contribution in [0.15, 0.2) is 60.0 Å². The smallest absolute Gasteiger partial charge is 0.256 e. The number of ether oxygens (including phenoxy) is 1. The van der Waals surface area contributed by atoms with Crippen molar-refractivity contribution in [2.24, 2.45) is 5.10 Å². The summed E-state index contributed by atoms with van der Waals surface area (Å²) >= 11 is 0. The van der Waals surface area contributed by atoms with Gasteiger partial charge in [0.25, 0.3) is 5.78 Å². The van der Waals surface area contributed by atoms with Crippen LogP contribution in [0.2, 0.25) is 0 Å². The van der Waals surface area contributed by atoms with E-state index in [1.165, 1.54) is 0 Å². The van der Waals surface area contributed by atoms with Crippen molar-refractivity contribution in [2.45, 2.75) is 0 Å². The molecule has 0 aliphatic carbocycles. The lowest BCUT2D eigenvalue weighted by atomic mass is 10.1. The lowest BCUT2D eigenvalue weighted by molar-refractivity contribution is 0.122. The Morgan fingerprint density at radius 2 is 1.94 bits per heavy atom. The standard InChI is InChI=1S/C22H19N9O/c23-14-16-2-1-3-17(12-16)15-25-28-19-13-20(30-8-10-32-11-9-30)31-22(26-19)27-21(29-31)18-4-6-24-7-5-18/h1-7,12-13,15H,8-11H2,(H,26,27,28,29). The fourth-order valence-electron chi connectivity index (χ4n) is 3.41. The van der Waals surface area contributed by atoms with Crippen LogP contribution in [-0.2, 0) is 4.74 Å². The Bertz CT molecular complexity index is 1300. The minimum Gasteiger partial charge on any atom is -0.378 e. The first-order chi connectivity index (χ1) is 15.8. The van der Waals surface area contributed by atoms with Crippen molar-refractivity contribution < 1.29 is 4.74 Å². The summed E-state index contributed by atoms with van der Waals surface area (Å²) in [6, 6.07) is 15.0. The molecule has 158 valence electrons. The monoisotopic (exact) mass is 425 g/mol. The average Bonchev–Trinajstić information content (AvgIpc) is 3.29. The van der Waals surface area contributed by atoms with E-state index in [1.807, 2.05) is 30.3 Å². The number of pyridine rings is 1. The largest absolute Gasteiger partial charge is 0.378 e.